The Bertz CT molecular complexity index is 1050. The Labute approximate surface area is 216 Å². The van der Waals surface area contributed by atoms with Crippen molar-refractivity contribution in [3.05, 3.63) is 71.8 Å². The SMILES string of the molecule is COP(=O)(O)C[C@H]1OC(COC(C)=O)[C@@H](OCc2ccccc2)[C@H](OCc2ccccc2)C1NC(C)=O. The standard InChI is InChI=1S/C26H34NO9P/c1-18(28)27-24-23(17-37(30,31)32-3)36-22(16-33-19(2)29)25(34-14-20-10-6-4-7-11-20)26(24)35-15-21-12-8-5-9-13-21/h4-13,22-26H,14-17H2,1-3H3,(H,27,28)(H,30,31)/t22?,23-,24?,25-,26-/m1/s1. The van der Waals surface area contributed by atoms with Gasteiger partial charge in [-0.3, -0.25) is 14.2 Å². The lowest BCUT2D eigenvalue weighted by molar-refractivity contribution is -0.227. The van der Waals surface area contributed by atoms with E-state index >= 15 is 0 Å². The molecule has 6 atom stereocenters. The fraction of sp³-hybridized carbons (Fsp3) is 0.462. The smallest absolute Gasteiger partial charge is 0.330 e. The van der Waals surface area contributed by atoms with Crippen LogP contribution in [-0.2, 0) is 50.8 Å². The molecule has 1 aliphatic rings. The van der Waals surface area contributed by atoms with E-state index in [2.05, 4.69) is 5.32 Å². The molecule has 1 saturated heterocycles. The number of benzene rings is 2. The first kappa shape index (κ1) is 29.0. The molecule has 1 heterocycles. The minimum Gasteiger partial charge on any atom is -0.463 e. The maximum Gasteiger partial charge on any atom is 0.330 e. The predicted molar refractivity (Wildman–Crippen MR) is 135 cm³/mol. The molecule has 0 radical (unpaired) electrons. The van der Waals surface area contributed by atoms with Gasteiger partial charge in [-0.2, -0.15) is 0 Å². The second-order valence-corrected chi connectivity index (χ2v) is 10.8. The van der Waals surface area contributed by atoms with E-state index in [4.69, 9.17) is 23.5 Å². The lowest BCUT2D eigenvalue weighted by atomic mass is 9.92. The Morgan fingerprint density at radius 1 is 0.919 bits per heavy atom. The summed E-state index contributed by atoms with van der Waals surface area (Å²) in [5, 5.41) is 2.81. The van der Waals surface area contributed by atoms with E-state index in [1.54, 1.807) is 0 Å². The molecule has 3 rings (SSSR count). The number of esters is 1. The third-order valence-electron chi connectivity index (χ3n) is 5.88. The summed E-state index contributed by atoms with van der Waals surface area (Å²) in [6.07, 6.45) is -3.86. The Morgan fingerprint density at radius 2 is 1.46 bits per heavy atom. The van der Waals surface area contributed by atoms with Crippen LogP contribution in [0.15, 0.2) is 60.7 Å². The second-order valence-electron chi connectivity index (χ2n) is 8.77. The minimum atomic E-state index is -4.05. The molecular formula is C26H34NO9P. The number of rotatable bonds is 12. The van der Waals surface area contributed by atoms with Gasteiger partial charge in [0, 0.05) is 21.0 Å². The first-order valence-corrected chi connectivity index (χ1v) is 13.7. The summed E-state index contributed by atoms with van der Waals surface area (Å²) in [4.78, 5) is 34.0. The quantitative estimate of drug-likeness (QED) is 0.311. The van der Waals surface area contributed by atoms with Crippen molar-refractivity contribution in [2.45, 2.75) is 57.5 Å². The Morgan fingerprint density at radius 3 is 1.95 bits per heavy atom. The van der Waals surface area contributed by atoms with Gasteiger partial charge in [0.25, 0.3) is 0 Å². The summed E-state index contributed by atoms with van der Waals surface area (Å²) in [7, 11) is -2.93. The summed E-state index contributed by atoms with van der Waals surface area (Å²) in [6, 6.07) is 18.0. The average molecular weight is 536 g/mol. The van der Waals surface area contributed by atoms with Crippen molar-refractivity contribution in [1.82, 2.24) is 5.32 Å². The van der Waals surface area contributed by atoms with Crippen LogP contribution >= 0.6 is 7.60 Å². The van der Waals surface area contributed by atoms with Crippen molar-refractivity contribution < 1.29 is 42.5 Å². The molecule has 3 unspecified atom stereocenters. The van der Waals surface area contributed by atoms with Crippen molar-refractivity contribution in [3.63, 3.8) is 0 Å². The van der Waals surface area contributed by atoms with Gasteiger partial charge in [0.05, 0.1) is 31.5 Å². The first-order chi connectivity index (χ1) is 17.7. The van der Waals surface area contributed by atoms with Crippen molar-refractivity contribution in [2.24, 2.45) is 0 Å². The average Bonchev–Trinajstić information content (AvgIpc) is 2.87. The van der Waals surface area contributed by atoms with E-state index in [-0.39, 0.29) is 25.7 Å². The molecule has 2 aromatic rings. The van der Waals surface area contributed by atoms with Gasteiger partial charge in [0.1, 0.15) is 24.9 Å². The van der Waals surface area contributed by atoms with E-state index in [1.165, 1.54) is 13.8 Å². The van der Waals surface area contributed by atoms with Gasteiger partial charge >= 0.3 is 13.6 Å². The van der Waals surface area contributed by atoms with E-state index in [1.807, 2.05) is 60.7 Å². The lowest BCUT2D eigenvalue weighted by Gasteiger charge is -2.46. The first-order valence-electron chi connectivity index (χ1n) is 11.9. The summed E-state index contributed by atoms with van der Waals surface area (Å²) < 4.78 is 41.3. The summed E-state index contributed by atoms with van der Waals surface area (Å²) in [5.74, 6) is -0.894. The third kappa shape index (κ3) is 9.03. The zero-order valence-electron chi connectivity index (χ0n) is 21.1. The van der Waals surface area contributed by atoms with Crippen LogP contribution in [0.3, 0.4) is 0 Å². The molecule has 0 spiro atoms. The highest BCUT2D eigenvalue weighted by atomic mass is 31.2. The zero-order valence-corrected chi connectivity index (χ0v) is 22.0. The van der Waals surface area contributed by atoms with Crippen LogP contribution in [-0.4, -0.2) is 67.1 Å². The number of nitrogens with one attached hydrogen (secondary N) is 1. The van der Waals surface area contributed by atoms with Gasteiger partial charge in [-0.15, -0.1) is 0 Å². The molecule has 0 bridgehead atoms. The lowest BCUT2D eigenvalue weighted by Crippen LogP contribution is -2.66. The number of amides is 1. The van der Waals surface area contributed by atoms with Crippen LogP contribution < -0.4 is 5.32 Å². The molecule has 1 fully saturated rings. The molecule has 37 heavy (non-hydrogen) atoms. The van der Waals surface area contributed by atoms with Crippen molar-refractivity contribution in [1.29, 1.82) is 0 Å². The normalized spacial score (nSPS) is 25.1. The molecule has 0 aromatic heterocycles. The highest BCUT2D eigenvalue weighted by molar-refractivity contribution is 7.52. The minimum absolute atomic E-state index is 0.175. The van der Waals surface area contributed by atoms with Gasteiger partial charge < -0.3 is 33.7 Å². The summed E-state index contributed by atoms with van der Waals surface area (Å²) in [5.41, 5.74) is 1.78. The van der Waals surface area contributed by atoms with E-state index in [0.717, 1.165) is 18.2 Å². The molecule has 0 saturated carbocycles. The third-order valence-corrected chi connectivity index (χ3v) is 7.27. The molecule has 2 aromatic carbocycles. The molecule has 1 amide bonds. The number of hydrogen-bond donors (Lipinski definition) is 2. The van der Waals surface area contributed by atoms with E-state index < -0.39 is 50.2 Å². The van der Waals surface area contributed by atoms with Crippen LogP contribution in [0, 0.1) is 0 Å². The van der Waals surface area contributed by atoms with Crippen LogP contribution in [0.25, 0.3) is 0 Å². The van der Waals surface area contributed by atoms with Gasteiger partial charge in [-0.05, 0) is 11.1 Å². The Kier molecular flexibility index (Phi) is 10.8. The number of carbonyl (C=O) groups excluding carboxylic acids is 2. The van der Waals surface area contributed by atoms with Crippen LogP contribution in [0.2, 0.25) is 0 Å². The van der Waals surface area contributed by atoms with Crippen LogP contribution in [0.1, 0.15) is 25.0 Å². The monoisotopic (exact) mass is 535 g/mol. The Hall–Kier alpha value is -2.59. The number of ether oxygens (including phenoxy) is 4. The zero-order chi connectivity index (χ0) is 26.8. The molecule has 1 aliphatic heterocycles. The molecule has 11 heteroatoms. The fourth-order valence-corrected chi connectivity index (χ4v) is 5.07. The number of carbonyl (C=O) groups is 2. The topological polar surface area (TPSA) is 130 Å². The van der Waals surface area contributed by atoms with Crippen molar-refractivity contribution in [3.8, 4) is 0 Å². The molecular weight excluding hydrogens is 501 g/mol. The predicted octanol–water partition coefficient (Wildman–Crippen LogP) is 2.82. The summed E-state index contributed by atoms with van der Waals surface area (Å²) in [6.45, 7) is 2.82. The molecule has 2 N–H and O–H groups in total. The summed E-state index contributed by atoms with van der Waals surface area (Å²) >= 11 is 0. The fourth-order valence-electron chi connectivity index (χ4n) is 4.15. The van der Waals surface area contributed by atoms with E-state index in [9.17, 15) is 19.0 Å². The van der Waals surface area contributed by atoms with Gasteiger partial charge in [-0.25, -0.2) is 0 Å². The Balaban J connectivity index is 1.96. The maximum absolute atomic E-state index is 12.5. The van der Waals surface area contributed by atoms with Crippen LogP contribution in [0.5, 0.6) is 0 Å². The highest BCUT2D eigenvalue weighted by Crippen LogP contribution is 2.44. The van der Waals surface area contributed by atoms with Gasteiger partial charge in [0.2, 0.25) is 5.91 Å². The largest absolute Gasteiger partial charge is 0.463 e. The molecule has 0 aliphatic carbocycles. The highest BCUT2D eigenvalue weighted by Gasteiger charge is 2.50. The van der Waals surface area contributed by atoms with Gasteiger partial charge in [-0.1, -0.05) is 60.7 Å². The second kappa shape index (κ2) is 13.8. The van der Waals surface area contributed by atoms with Gasteiger partial charge in [0.15, 0.2) is 0 Å². The number of hydrogen-bond acceptors (Lipinski definition) is 8. The van der Waals surface area contributed by atoms with Crippen LogP contribution in [0.4, 0.5) is 0 Å². The van der Waals surface area contributed by atoms with Crippen molar-refractivity contribution >= 4 is 19.5 Å². The van der Waals surface area contributed by atoms with Crippen molar-refractivity contribution in [2.75, 3.05) is 19.9 Å². The molecule has 10 nitrogen and oxygen atoms in total. The van der Waals surface area contributed by atoms with E-state index in [0.29, 0.717) is 0 Å². The maximum atomic E-state index is 12.5. The molecule has 202 valence electrons.